The Morgan fingerprint density at radius 1 is 1.30 bits per heavy atom. The minimum absolute atomic E-state index is 0.103. The molecule has 6 nitrogen and oxygen atoms in total. The molecule has 3 N–H and O–H groups in total. The van der Waals surface area contributed by atoms with Gasteiger partial charge >= 0.3 is 6.03 Å². The standard InChI is InChI=1S/C17H31N3O3/c1-13(6-11-21)17(7-3-8-17)12-18-16(23)19-15-4-9-20(10-5-15)14(2)22/h13,15,21H,3-12H2,1-2H3,(H2,18,19,23). The van der Waals surface area contributed by atoms with Crippen LogP contribution in [0.3, 0.4) is 0 Å². The number of carbonyl (C=O) groups is 2. The Labute approximate surface area is 139 Å². The van der Waals surface area contributed by atoms with E-state index >= 15 is 0 Å². The maximum Gasteiger partial charge on any atom is 0.315 e. The van der Waals surface area contributed by atoms with Crippen molar-refractivity contribution in [1.29, 1.82) is 0 Å². The number of urea groups is 1. The number of aliphatic hydroxyl groups excluding tert-OH is 1. The smallest absolute Gasteiger partial charge is 0.315 e. The lowest BCUT2D eigenvalue weighted by Crippen LogP contribution is -2.52. The molecular formula is C17H31N3O3. The first-order chi connectivity index (χ1) is 11.0. The van der Waals surface area contributed by atoms with Gasteiger partial charge in [0.1, 0.15) is 0 Å². The van der Waals surface area contributed by atoms with Gasteiger partial charge < -0.3 is 20.6 Å². The Kier molecular flexibility index (Phi) is 6.27. The number of hydrogen-bond acceptors (Lipinski definition) is 3. The number of likely N-dealkylation sites (tertiary alicyclic amines) is 1. The fourth-order valence-corrected chi connectivity index (χ4v) is 3.81. The molecule has 0 spiro atoms. The number of hydrogen-bond donors (Lipinski definition) is 3. The first-order valence-electron chi connectivity index (χ1n) is 8.87. The molecule has 2 fully saturated rings. The van der Waals surface area contributed by atoms with Gasteiger partial charge in [-0.2, -0.15) is 0 Å². The summed E-state index contributed by atoms with van der Waals surface area (Å²) in [6, 6.07) is 0.0477. The minimum atomic E-state index is -0.103. The monoisotopic (exact) mass is 325 g/mol. The van der Waals surface area contributed by atoms with E-state index in [0.717, 1.165) is 45.2 Å². The highest BCUT2D eigenvalue weighted by molar-refractivity contribution is 5.75. The highest BCUT2D eigenvalue weighted by atomic mass is 16.3. The van der Waals surface area contributed by atoms with Crippen LogP contribution in [0, 0.1) is 11.3 Å². The zero-order valence-corrected chi connectivity index (χ0v) is 14.4. The van der Waals surface area contributed by atoms with E-state index in [9.17, 15) is 9.59 Å². The van der Waals surface area contributed by atoms with Crippen molar-refractivity contribution < 1.29 is 14.7 Å². The molecule has 1 saturated heterocycles. The van der Waals surface area contributed by atoms with Crippen LogP contribution in [-0.2, 0) is 4.79 Å². The summed E-state index contributed by atoms with van der Waals surface area (Å²) >= 11 is 0. The quantitative estimate of drug-likeness (QED) is 0.692. The topological polar surface area (TPSA) is 81.7 Å². The van der Waals surface area contributed by atoms with E-state index in [0.29, 0.717) is 12.5 Å². The van der Waals surface area contributed by atoms with Crippen molar-refractivity contribution in [3.8, 4) is 0 Å². The number of rotatable bonds is 6. The number of carbonyl (C=O) groups excluding carboxylic acids is 2. The van der Waals surface area contributed by atoms with Crippen LogP contribution < -0.4 is 10.6 Å². The molecule has 1 aliphatic heterocycles. The number of aliphatic hydroxyl groups is 1. The Balaban J connectivity index is 1.72. The van der Waals surface area contributed by atoms with Crippen LogP contribution in [0.4, 0.5) is 4.79 Å². The van der Waals surface area contributed by atoms with Crippen molar-refractivity contribution in [2.75, 3.05) is 26.2 Å². The second-order valence-electron chi connectivity index (χ2n) is 7.24. The summed E-state index contributed by atoms with van der Waals surface area (Å²) in [4.78, 5) is 25.3. The molecule has 0 bridgehead atoms. The van der Waals surface area contributed by atoms with Crippen molar-refractivity contribution in [2.24, 2.45) is 11.3 Å². The SMILES string of the molecule is CC(=O)N1CCC(NC(=O)NCC2(C(C)CCO)CCC2)CC1. The van der Waals surface area contributed by atoms with Crippen LogP contribution in [0.2, 0.25) is 0 Å². The van der Waals surface area contributed by atoms with Gasteiger partial charge in [-0.1, -0.05) is 13.3 Å². The van der Waals surface area contributed by atoms with Gasteiger partial charge in [-0.15, -0.1) is 0 Å². The Hall–Kier alpha value is -1.30. The van der Waals surface area contributed by atoms with Crippen LogP contribution in [0.25, 0.3) is 0 Å². The van der Waals surface area contributed by atoms with Crippen molar-refractivity contribution in [1.82, 2.24) is 15.5 Å². The number of nitrogens with one attached hydrogen (secondary N) is 2. The summed E-state index contributed by atoms with van der Waals surface area (Å²) in [5.74, 6) is 0.540. The van der Waals surface area contributed by atoms with Gasteiger partial charge in [0.2, 0.25) is 5.91 Å². The molecule has 1 saturated carbocycles. The highest BCUT2D eigenvalue weighted by Gasteiger charge is 2.41. The average molecular weight is 325 g/mol. The molecule has 0 aromatic carbocycles. The van der Waals surface area contributed by atoms with Gasteiger partial charge in [0, 0.05) is 39.2 Å². The van der Waals surface area contributed by atoms with Gasteiger partial charge in [0.15, 0.2) is 0 Å². The lowest BCUT2D eigenvalue weighted by Gasteiger charge is -2.47. The molecule has 132 valence electrons. The molecule has 1 heterocycles. The predicted molar refractivity (Wildman–Crippen MR) is 89.0 cm³/mol. The number of piperidine rings is 1. The molecule has 0 aromatic rings. The Morgan fingerprint density at radius 2 is 1.96 bits per heavy atom. The molecule has 3 amide bonds. The van der Waals surface area contributed by atoms with Gasteiger partial charge in [0.05, 0.1) is 0 Å². The molecular weight excluding hydrogens is 294 g/mol. The van der Waals surface area contributed by atoms with Gasteiger partial charge in [0.25, 0.3) is 0 Å². The fraction of sp³-hybridized carbons (Fsp3) is 0.882. The summed E-state index contributed by atoms with van der Waals surface area (Å²) in [6.45, 7) is 6.10. The van der Waals surface area contributed by atoms with E-state index in [1.807, 2.05) is 4.90 Å². The van der Waals surface area contributed by atoms with E-state index in [-0.39, 0.29) is 30.0 Å². The molecule has 0 radical (unpaired) electrons. The van der Waals surface area contributed by atoms with E-state index in [1.54, 1.807) is 6.92 Å². The van der Waals surface area contributed by atoms with Crippen LogP contribution in [0.5, 0.6) is 0 Å². The zero-order chi connectivity index (χ0) is 16.9. The Bertz CT molecular complexity index is 415. The second-order valence-corrected chi connectivity index (χ2v) is 7.24. The molecule has 1 aliphatic carbocycles. The third kappa shape index (κ3) is 4.59. The summed E-state index contributed by atoms with van der Waals surface area (Å²) in [5.41, 5.74) is 0.165. The second kappa shape index (κ2) is 7.99. The molecule has 0 aromatic heterocycles. The molecule has 23 heavy (non-hydrogen) atoms. The fourth-order valence-electron chi connectivity index (χ4n) is 3.81. The largest absolute Gasteiger partial charge is 0.396 e. The average Bonchev–Trinajstić information content (AvgIpc) is 2.47. The summed E-state index contributed by atoms with van der Waals surface area (Å²) < 4.78 is 0. The maximum absolute atomic E-state index is 12.1. The van der Waals surface area contributed by atoms with Crippen LogP contribution >= 0.6 is 0 Å². The molecule has 2 aliphatic rings. The lowest BCUT2D eigenvalue weighted by molar-refractivity contribution is -0.129. The van der Waals surface area contributed by atoms with Crippen LogP contribution in [0.1, 0.15) is 52.4 Å². The van der Waals surface area contributed by atoms with Crippen molar-refractivity contribution in [2.45, 2.75) is 58.4 Å². The molecule has 1 unspecified atom stereocenters. The van der Waals surface area contributed by atoms with Crippen molar-refractivity contribution >= 4 is 11.9 Å². The number of amides is 3. The van der Waals surface area contributed by atoms with Gasteiger partial charge in [-0.05, 0) is 43.4 Å². The molecule has 2 rings (SSSR count). The van der Waals surface area contributed by atoms with Gasteiger partial charge in [-0.25, -0.2) is 4.79 Å². The van der Waals surface area contributed by atoms with Crippen LogP contribution in [0.15, 0.2) is 0 Å². The van der Waals surface area contributed by atoms with Crippen molar-refractivity contribution in [3.63, 3.8) is 0 Å². The number of nitrogens with zero attached hydrogens (tertiary/aromatic N) is 1. The highest BCUT2D eigenvalue weighted by Crippen LogP contribution is 2.47. The maximum atomic E-state index is 12.1. The minimum Gasteiger partial charge on any atom is -0.396 e. The summed E-state index contributed by atoms with van der Waals surface area (Å²) in [7, 11) is 0. The molecule has 1 atom stereocenters. The lowest BCUT2D eigenvalue weighted by atomic mass is 9.60. The van der Waals surface area contributed by atoms with E-state index in [2.05, 4.69) is 17.6 Å². The van der Waals surface area contributed by atoms with E-state index in [1.165, 1.54) is 6.42 Å². The van der Waals surface area contributed by atoms with E-state index < -0.39 is 0 Å². The Morgan fingerprint density at radius 3 is 2.43 bits per heavy atom. The molecule has 6 heteroatoms. The zero-order valence-electron chi connectivity index (χ0n) is 14.4. The normalized spacial score (nSPS) is 22.1. The first kappa shape index (κ1) is 18.0. The van der Waals surface area contributed by atoms with Crippen molar-refractivity contribution in [3.05, 3.63) is 0 Å². The van der Waals surface area contributed by atoms with E-state index in [4.69, 9.17) is 5.11 Å². The summed E-state index contributed by atoms with van der Waals surface area (Å²) in [5, 5.41) is 15.2. The third-order valence-electron chi connectivity index (χ3n) is 5.83. The van der Waals surface area contributed by atoms with Crippen LogP contribution in [-0.4, -0.2) is 54.2 Å². The first-order valence-corrected chi connectivity index (χ1v) is 8.87. The van der Waals surface area contributed by atoms with Gasteiger partial charge in [-0.3, -0.25) is 4.79 Å². The third-order valence-corrected chi connectivity index (χ3v) is 5.83. The summed E-state index contributed by atoms with van der Waals surface area (Å²) in [6.07, 6.45) is 5.91. The predicted octanol–water partition coefficient (Wildman–Crippen LogP) is 1.49.